The second-order valence-corrected chi connectivity index (χ2v) is 13.6. The zero-order chi connectivity index (χ0) is 30.7. The van der Waals surface area contributed by atoms with Crippen LogP contribution in [-0.4, -0.2) is 57.8 Å². The van der Waals surface area contributed by atoms with E-state index >= 15 is 0 Å². The number of thiazole rings is 1. The fraction of sp³-hybridized carbons (Fsp3) is 0.636. The molecule has 3 atom stereocenters. The number of Topliss-reactive ketones (excluding diaryl/α,β-unsaturated/α-hetero) is 1. The van der Waals surface area contributed by atoms with Gasteiger partial charge in [0.05, 0.1) is 22.2 Å². The van der Waals surface area contributed by atoms with Crippen molar-refractivity contribution in [2.24, 2.45) is 17.1 Å². The average molecular weight is 599 g/mol. The highest BCUT2D eigenvalue weighted by molar-refractivity contribution is 7.13. The van der Waals surface area contributed by atoms with Gasteiger partial charge in [0.25, 0.3) is 0 Å². The Kier molecular flexibility index (Phi) is 13.1. The normalized spacial score (nSPS) is 17.8. The van der Waals surface area contributed by atoms with Crippen LogP contribution in [0, 0.1) is 18.3 Å². The van der Waals surface area contributed by atoms with Crippen LogP contribution in [0.2, 0.25) is 0 Å². The number of nitrogens with one attached hydrogen (secondary N) is 1. The standard InChI is InChI=1S/C33H50N4O4S/c1-23-30(42-22-36-23)25-15-13-24(14-16-25)20-35-31(40)29-19-27(39)21-37(29)32(41)28(33(2,3)4)18-26(38)12-10-8-6-5-7-9-11-17-34/h13-16,22,27-29,39H,5-12,17-21,34H2,1-4H3,(H,35,40)/t27-,28-,29+/m1/s1. The van der Waals surface area contributed by atoms with E-state index in [9.17, 15) is 19.5 Å². The Bertz CT molecular complexity index is 1160. The van der Waals surface area contributed by atoms with Crippen molar-refractivity contribution in [1.29, 1.82) is 0 Å². The molecule has 1 aromatic heterocycles. The summed E-state index contributed by atoms with van der Waals surface area (Å²) in [5.74, 6) is -0.974. The van der Waals surface area contributed by atoms with E-state index in [2.05, 4.69) is 10.3 Å². The summed E-state index contributed by atoms with van der Waals surface area (Å²) in [5, 5.41) is 13.4. The fourth-order valence-electron chi connectivity index (χ4n) is 5.61. The Hall–Kier alpha value is -2.62. The molecule has 1 aliphatic rings. The van der Waals surface area contributed by atoms with Crippen LogP contribution in [0.15, 0.2) is 29.8 Å². The summed E-state index contributed by atoms with van der Waals surface area (Å²) in [6, 6.07) is 7.23. The van der Waals surface area contributed by atoms with Crippen molar-refractivity contribution in [3.63, 3.8) is 0 Å². The lowest BCUT2D eigenvalue weighted by atomic mass is 9.76. The van der Waals surface area contributed by atoms with Crippen molar-refractivity contribution in [2.45, 2.75) is 111 Å². The third kappa shape index (κ3) is 9.99. The minimum Gasteiger partial charge on any atom is -0.391 e. The zero-order valence-electron chi connectivity index (χ0n) is 25.9. The van der Waals surface area contributed by atoms with Gasteiger partial charge in [0.2, 0.25) is 11.8 Å². The molecule has 1 aliphatic heterocycles. The predicted octanol–water partition coefficient (Wildman–Crippen LogP) is 5.40. The number of β-amino-alcohol motifs (C(OH)–C–C–N with tert-alkyl or cyclic N) is 1. The maximum absolute atomic E-state index is 13.8. The number of rotatable bonds is 16. The Morgan fingerprint density at radius 2 is 1.71 bits per heavy atom. The number of ketones is 1. The van der Waals surface area contributed by atoms with Crippen molar-refractivity contribution in [3.8, 4) is 10.4 Å². The molecular weight excluding hydrogens is 548 g/mol. The number of aryl methyl sites for hydroxylation is 1. The molecule has 2 amide bonds. The molecule has 0 spiro atoms. The molecule has 1 fully saturated rings. The summed E-state index contributed by atoms with van der Waals surface area (Å²) in [7, 11) is 0. The predicted molar refractivity (Wildman–Crippen MR) is 169 cm³/mol. The second kappa shape index (κ2) is 16.3. The topological polar surface area (TPSA) is 126 Å². The zero-order valence-corrected chi connectivity index (χ0v) is 26.7. The van der Waals surface area contributed by atoms with Crippen LogP contribution in [0.25, 0.3) is 10.4 Å². The van der Waals surface area contributed by atoms with Crippen LogP contribution in [0.1, 0.15) is 96.2 Å². The van der Waals surface area contributed by atoms with Crippen LogP contribution < -0.4 is 11.1 Å². The summed E-state index contributed by atoms with van der Waals surface area (Å²) in [6.07, 6.45) is 7.58. The Morgan fingerprint density at radius 3 is 2.31 bits per heavy atom. The first-order chi connectivity index (χ1) is 20.0. The number of nitrogens with two attached hydrogens (primary N) is 1. The first-order valence-corrected chi connectivity index (χ1v) is 16.4. The van der Waals surface area contributed by atoms with Crippen molar-refractivity contribution >= 4 is 28.9 Å². The minimum atomic E-state index is -0.771. The number of amides is 2. The lowest BCUT2D eigenvalue weighted by molar-refractivity contribution is -0.146. The van der Waals surface area contributed by atoms with Crippen molar-refractivity contribution < 1.29 is 19.5 Å². The summed E-state index contributed by atoms with van der Waals surface area (Å²) in [5.41, 5.74) is 9.94. The molecule has 2 heterocycles. The highest BCUT2D eigenvalue weighted by Gasteiger charge is 2.44. The molecular formula is C33H50N4O4S. The van der Waals surface area contributed by atoms with Gasteiger partial charge in [-0.05, 0) is 42.9 Å². The van der Waals surface area contributed by atoms with E-state index in [0.29, 0.717) is 13.0 Å². The van der Waals surface area contributed by atoms with Gasteiger partial charge >= 0.3 is 0 Å². The quantitative estimate of drug-likeness (QED) is 0.222. The molecule has 0 aliphatic carbocycles. The van der Waals surface area contributed by atoms with Gasteiger partial charge in [0.1, 0.15) is 11.8 Å². The summed E-state index contributed by atoms with van der Waals surface area (Å²) in [6.45, 7) is 9.04. The number of aliphatic hydroxyl groups excluding tert-OH is 1. The van der Waals surface area contributed by atoms with E-state index in [1.165, 1.54) is 11.3 Å². The maximum atomic E-state index is 13.8. The third-order valence-corrected chi connectivity index (χ3v) is 9.21. The Balaban J connectivity index is 1.54. The number of aliphatic hydroxyl groups is 1. The van der Waals surface area contributed by atoms with Gasteiger partial charge in [-0.2, -0.15) is 0 Å². The number of aromatic nitrogens is 1. The molecule has 4 N–H and O–H groups in total. The van der Waals surface area contributed by atoms with Crippen molar-refractivity contribution in [1.82, 2.24) is 15.2 Å². The smallest absolute Gasteiger partial charge is 0.243 e. The molecule has 9 heteroatoms. The number of hydrogen-bond acceptors (Lipinski definition) is 7. The van der Waals surface area contributed by atoms with Gasteiger partial charge in [0, 0.05) is 38.3 Å². The molecule has 8 nitrogen and oxygen atoms in total. The van der Waals surface area contributed by atoms with Crippen LogP contribution in [-0.2, 0) is 20.9 Å². The van der Waals surface area contributed by atoms with Gasteiger partial charge in [-0.1, -0.05) is 77.1 Å². The van der Waals surface area contributed by atoms with E-state index in [1.54, 1.807) is 11.3 Å². The SMILES string of the molecule is Cc1ncsc1-c1ccc(CNC(=O)[C@@H]2C[C@@H](O)CN2C(=O)[C@@H](CC(=O)CCCCCCCCCN)C(C)(C)C)cc1. The monoisotopic (exact) mass is 598 g/mol. The number of carbonyl (C=O) groups is 3. The first kappa shape index (κ1) is 33.9. The third-order valence-electron chi connectivity index (χ3n) is 8.23. The Labute approximate surface area is 255 Å². The second-order valence-electron chi connectivity index (χ2n) is 12.8. The molecule has 0 unspecified atom stereocenters. The Morgan fingerprint density at radius 1 is 1.07 bits per heavy atom. The van der Waals surface area contributed by atoms with Gasteiger partial charge in [-0.25, -0.2) is 4.98 Å². The van der Waals surface area contributed by atoms with Crippen LogP contribution in [0.3, 0.4) is 0 Å². The van der Waals surface area contributed by atoms with E-state index in [1.807, 2.05) is 57.5 Å². The van der Waals surface area contributed by atoms with Crippen LogP contribution >= 0.6 is 11.3 Å². The molecule has 0 bridgehead atoms. The molecule has 0 radical (unpaired) electrons. The fourth-order valence-corrected chi connectivity index (χ4v) is 6.42. The first-order valence-electron chi connectivity index (χ1n) is 15.5. The average Bonchev–Trinajstić information content (AvgIpc) is 3.56. The van der Waals surface area contributed by atoms with Gasteiger partial charge in [-0.3, -0.25) is 14.4 Å². The number of nitrogens with zero attached hydrogens (tertiary/aromatic N) is 2. The highest BCUT2D eigenvalue weighted by atomic mass is 32.1. The molecule has 1 saturated heterocycles. The summed E-state index contributed by atoms with van der Waals surface area (Å²) in [4.78, 5) is 46.9. The van der Waals surface area contributed by atoms with Gasteiger partial charge in [-0.15, -0.1) is 11.3 Å². The van der Waals surface area contributed by atoms with E-state index < -0.39 is 23.5 Å². The molecule has 1 aromatic carbocycles. The maximum Gasteiger partial charge on any atom is 0.243 e. The largest absolute Gasteiger partial charge is 0.391 e. The highest BCUT2D eigenvalue weighted by Crippen LogP contribution is 2.34. The van der Waals surface area contributed by atoms with Crippen molar-refractivity contribution in [2.75, 3.05) is 13.1 Å². The van der Waals surface area contributed by atoms with Gasteiger partial charge in [0.15, 0.2) is 0 Å². The van der Waals surface area contributed by atoms with Gasteiger partial charge < -0.3 is 21.1 Å². The van der Waals surface area contributed by atoms with Crippen LogP contribution in [0.4, 0.5) is 0 Å². The number of benzene rings is 1. The number of carbonyl (C=O) groups excluding carboxylic acids is 3. The lowest BCUT2D eigenvalue weighted by Gasteiger charge is -2.34. The van der Waals surface area contributed by atoms with E-state index in [0.717, 1.165) is 66.8 Å². The van der Waals surface area contributed by atoms with E-state index in [-0.39, 0.29) is 37.0 Å². The summed E-state index contributed by atoms with van der Waals surface area (Å²) < 4.78 is 0. The van der Waals surface area contributed by atoms with E-state index in [4.69, 9.17) is 5.73 Å². The molecule has 2 aromatic rings. The number of hydrogen-bond donors (Lipinski definition) is 3. The number of unbranched alkanes of at least 4 members (excludes halogenated alkanes) is 6. The molecule has 0 saturated carbocycles. The summed E-state index contributed by atoms with van der Waals surface area (Å²) >= 11 is 1.60. The molecule has 42 heavy (non-hydrogen) atoms. The molecule has 3 rings (SSSR count). The number of likely N-dealkylation sites (tertiary alicyclic amines) is 1. The van der Waals surface area contributed by atoms with Crippen molar-refractivity contribution in [3.05, 3.63) is 41.0 Å². The minimum absolute atomic E-state index is 0.0872. The molecule has 232 valence electrons. The van der Waals surface area contributed by atoms with Crippen LogP contribution in [0.5, 0.6) is 0 Å². The lowest BCUT2D eigenvalue weighted by Crippen LogP contribution is -2.50.